The normalized spacial score (nSPS) is 23.2. The molecular weight excluding hydrogens is 354 g/mol. The summed E-state index contributed by atoms with van der Waals surface area (Å²) in [4.78, 5) is 7.18. The lowest BCUT2D eigenvalue weighted by atomic mass is 10.1. The van der Waals surface area contributed by atoms with Crippen LogP contribution in [0.5, 0.6) is 0 Å². The molecule has 2 aliphatic heterocycles. The molecule has 0 aliphatic carbocycles. The summed E-state index contributed by atoms with van der Waals surface area (Å²) in [6, 6.07) is 10.3. The van der Waals surface area contributed by atoms with Crippen LogP contribution in [-0.2, 0) is 16.0 Å². The summed E-state index contributed by atoms with van der Waals surface area (Å²) in [5, 5.41) is 7.70. The molecule has 0 amide bonds. The number of aliphatic imine (C=N–C) groups is 1. The number of nitrogens with one attached hydrogen (secondary N) is 1. The average Bonchev–Trinajstić information content (AvgIpc) is 3.46. The molecule has 0 bridgehead atoms. The van der Waals surface area contributed by atoms with Crippen molar-refractivity contribution in [3.63, 3.8) is 0 Å². The van der Waals surface area contributed by atoms with Gasteiger partial charge in [0.2, 0.25) is 0 Å². The molecule has 1 aromatic heterocycles. The Kier molecular flexibility index (Phi) is 6.24. The first-order valence-corrected chi connectivity index (χ1v) is 10.2. The second-order valence-electron chi connectivity index (χ2n) is 7.19. The summed E-state index contributed by atoms with van der Waals surface area (Å²) in [6.07, 6.45) is 6.31. The Hall–Kier alpha value is -2.38. The second-order valence-corrected chi connectivity index (χ2v) is 7.19. The standard InChI is InChI=1S/C21H29N5O2/c1-2-22-21(25-12-14-28-20(16-25)19-5-3-13-27-19)23-15-17-6-8-18(9-7-17)26-11-4-10-24-26/h4,6-11,19-20H,2-3,5,12-16H2,1H3,(H,22,23). The van der Waals surface area contributed by atoms with E-state index in [1.165, 1.54) is 5.56 Å². The summed E-state index contributed by atoms with van der Waals surface area (Å²) >= 11 is 0. The molecule has 1 aromatic carbocycles. The minimum absolute atomic E-state index is 0.133. The fourth-order valence-corrected chi connectivity index (χ4v) is 3.76. The van der Waals surface area contributed by atoms with Crippen molar-refractivity contribution in [3.8, 4) is 5.69 Å². The molecule has 0 saturated carbocycles. The Morgan fingerprint density at radius 1 is 1.21 bits per heavy atom. The molecule has 7 heteroatoms. The first-order chi connectivity index (χ1) is 13.8. The van der Waals surface area contributed by atoms with E-state index in [1.54, 1.807) is 6.20 Å². The minimum Gasteiger partial charge on any atom is -0.375 e. The lowest BCUT2D eigenvalue weighted by Crippen LogP contribution is -2.53. The van der Waals surface area contributed by atoms with Gasteiger partial charge in [-0.15, -0.1) is 0 Å². The highest BCUT2D eigenvalue weighted by Crippen LogP contribution is 2.21. The van der Waals surface area contributed by atoms with Crippen molar-refractivity contribution < 1.29 is 9.47 Å². The predicted octanol–water partition coefficient (Wildman–Crippen LogP) is 2.22. The molecule has 7 nitrogen and oxygen atoms in total. The van der Waals surface area contributed by atoms with Crippen LogP contribution in [0.4, 0.5) is 0 Å². The number of aromatic nitrogens is 2. The molecule has 2 aromatic rings. The van der Waals surface area contributed by atoms with E-state index in [9.17, 15) is 0 Å². The predicted molar refractivity (Wildman–Crippen MR) is 109 cm³/mol. The van der Waals surface area contributed by atoms with E-state index < -0.39 is 0 Å². The lowest BCUT2D eigenvalue weighted by molar-refractivity contribution is -0.0817. The molecular formula is C21H29N5O2. The van der Waals surface area contributed by atoms with E-state index in [1.807, 2.05) is 16.9 Å². The van der Waals surface area contributed by atoms with Crippen molar-refractivity contribution in [3.05, 3.63) is 48.3 Å². The molecule has 2 aliphatic rings. The average molecular weight is 383 g/mol. The van der Waals surface area contributed by atoms with Gasteiger partial charge < -0.3 is 19.7 Å². The summed E-state index contributed by atoms with van der Waals surface area (Å²) in [5.74, 6) is 0.949. The number of hydrogen-bond acceptors (Lipinski definition) is 4. The van der Waals surface area contributed by atoms with Crippen LogP contribution in [0.15, 0.2) is 47.7 Å². The fraction of sp³-hybridized carbons (Fsp3) is 0.524. The van der Waals surface area contributed by atoms with E-state index >= 15 is 0 Å². The number of morpholine rings is 1. The Balaban J connectivity index is 1.41. The summed E-state index contributed by atoms with van der Waals surface area (Å²) < 4.78 is 13.7. The van der Waals surface area contributed by atoms with Crippen molar-refractivity contribution in [2.24, 2.45) is 4.99 Å². The van der Waals surface area contributed by atoms with Crippen LogP contribution in [-0.4, -0.2) is 65.7 Å². The van der Waals surface area contributed by atoms with Crippen LogP contribution in [0.2, 0.25) is 0 Å². The first kappa shape index (κ1) is 19.0. The summed E-state index contributed by atoms with van der Waals surface area (Å²) in [5.41, 5.74) is 2.23. The zero-order chi connectivity index (χ0) is 19.2. The number of ether oxygens (including phenoxy) is 2. The van der Waals surface area contributed by atoms with Crippen molar-refractivity contribution in [1.82, 2.24) is 20.0 Å². The summed E-state index contributed by atoms with van der Waals surface area (Å²) in [7, 11) is 0. The zero-order valence-corrected chi connectivity index (χ0v) is 16.5. The van der Waals surface area contributed by atoms with E-state index in [2.05, 4.69) is 46.5 Å². The third-order valence-corrected chi connectivity index (χ3v) is 5.22. The third-order valence-electron chi connectivity index (χ3n) is 5.22. The minimum atomic E-state index is 0.133. The molecule has 0 radical (unpaired) electrons. The van der Waals surface area contributed by atoms with Gasteiger partial charge in [-0.1, -0.05) is 12.1 Å². The monoisotopic (exact) mass is 383 g/mol. The molecule has 150 valence electrons. The molecule has 3 heterocycles. The topological polar surface area (TPSA) is 63.9 Å². The van der Waals surface area contributed by atoms with Gasteiger partial charge in [-0.05, 0) is 43.5 Å². The van der Waals surface area contributed by atoms with Gasteiger partial charge in [0, 0.05) is 38.6 Å². The van der Waals surface area contributed by atoms with E-state index in [-0.39, 0.29) is 12.2 Å². The van der Waals surface area contributed by atoms with Gasteiger partial charge in [0.25, 0.3) is 0 Å². The van der Waals surface area contributed by atoms with Gasteiger partial charge in [0.1, 0.15) is 6.10 Å². The SMILES string of the molecule is CCNC(=NCc1ccc(-n2cccn2)cc1)N1CCOC(C2CCCO2)C1. The van der Waals surface area contributed by atoms with Gasteiger partial charge in [-0.2, -0.15) is 5.10 Å². The second kappa shape index (κ2) is 9.21. The number of nitrogens with zero attached hydrogens (tertiary/aromatic N) is 4. The Morgan fingerprint density at radius 3 is 2.79 bits per heavy atom. The van der Waals surface area contributed by atoms with Gasteiger partial charge in [0.05, 0.1) is 24.9 Å². The Bertz CT molecular complexity index is 754. The molecule has 28 heavy (non-hydrogen) atoms. The van der Waals surface area contributed by atoms with Gasteiger partial charge in [0.15, 0.2) is 5.96 Å². The quantitative estimate of drug-likeness (QED) is 0.634. The van der Waals surface area contributed by atoms with Crippen molar-refractivity contribution >= 4 is 5.96 Å². The summed E-state index contributed by atoms with van der Waals surface area (Å²) in [6.45, 7) is 6.85. The van der Waals surface area contributed by atoms with Gasteiger partial charge in [-0.3, -0.25) is 0 Å². The fourth-order valence-electron chi connectivity index (χ4n) is 3.76. The molecule has 2 saturated heterocycles. The highest BCUT2D eigenvalue weighted by atomic mass is 16.5. The number of benzene rings is 1. The Labute approximate surface area is 166 Å². The maximum Gasteiger partial charge on any atom is 0.194 e. The van der Waals surface area contributed by atoms with Crippen molar-refractivity contribution in [2.45, 2.75) is 38.5 Å². The van der Waals surface area contributed by atoms with Crippen LogP contribution < -0.4 is 5.32 Å². The molecule has 2 atom stereocenters. The van der Waals surface area contributed by atoms with Gasteiger partial charge in [-0.25, -0.2) is 9.67 Å². The van der Waals surface area contributed by atoms with Crippen LogP contribution >= 0.6 is 0 Å². The smallest absolute Gasteiger partial charge is 0.194 e. The maximum atomic E-state index is 5.97. The Morgan fingerprint density at radius 2 is 2.07 bits per heavy atom. The third kappa shape index (κ3) is 4.54. The number of hydrogen-bond donors (Lipinski definition) is 1. The highest BCUT2D eigenvalue weighted by Gasteiger charge is 2.32. The molecule has 2 unspecified atom stereocenters. The van der Waals surface area contributed by atoms with E-state index in [4.69, 9.17) is 14.5 Å². The first-order valence-electron chi connectivity index (χ1n) is 10.2. The van der Waals surface area contributed by atoms with E-state index in [0.29, 0.717) is 13.2 Å². The highest BCUT2D eigenvalue weighted by molar-refractivity contribution is 5.80. The molecule has 2 fully saturated rings. The zero-order valence-electron chi connectivity index (χ0n) is 16.5. The largest absolute Gasteiger partial charge is 0.375 e. The molecule has 4 rings (SSSR count). The maximum absolute atomic E-state index is 5.97. The lowest BCUT2D eigenvalue weighted by Gasteiger charge is -2.37. The molecule has 0 spiro atoms. The van der Waals surface area contributed by atoms with Crippen LogP contribution in [0, 0.1) is 0 Å². The van der Waals surface area contributed by atoms with Crippen LogP contribution in [0.25, 0.3) is 5.69 Å². The number of rotatable bonds is 5. The van der Waals surface area contributed by atoms with Crippen LogP contribution in [0.3, 0.4) is 0 Å². The van der Waals surface area contributed by atoms with Gasteiger partial charge >= 0.3 is 0 Å². The number of guanidine groups is 1. The van der Waals surface area contributed by atoms with E-state index in [0.717, 1.165) is 50.7 Å². The van der Waals surface area contributed by atoms with Crippen molar-refractivity contribution in [1.29, 1.82) is 0 Å². The molecule has 1 N–H and O–H groups in total. The van der Waals surface area contributed by atoms with Crippen molar-refractivity contribution in [2.75, 3.05) is 32.8 Å². The van der Waals surface area contributed by atoms with Crippen LogP contribution in [0.1, 0.15) is 25.3 Å².